The van der Waals surface area contributed by atoms with E-state index in [1.165, 1.54) is 0 Å². The van der Waals surface area contributed by atoms with Gasteiger partial charge in [0.05, 0.1) is 5.56 Å². The molecule has 3 rings (SSSR count). The quantitative estimate of drug-likeness (QED) is 0.918. The molecule has 1 saturated heterocycles. The minimum atomic E-state index is 0. The van der Waals surface area contributed by atoms with Crippen molar-refractivity contribution in [1.82, 2.24) is 19.8 Å². The second kappa shape index (κ2) is 6.60. The molecule has 114 valence electrons. The van der Waals surface area contributed by atoms with E-state index in [-0.39, 0.29) is 18.3 Å². The van der Waals surface area contributed by atoms with Crippen LogP contribution in [0.25, 0.3) is 5.13 Å². The molecule has 1 amide bonds. The summed E-state index contributed by atoms with van der Waals surface area (Å²) in [6.45, 7) is 7.31. The summed E-state index contributed by atoms with van der Waals surface area (Å²) in [4.78, 5) is 18.9. The van der Waals surface area contributed by atoms with Crippen molar-refractivity contribution in [2.45, 2.75) is 13.8 Å². The summed E-state index contributed by atoms with van der Waals surface area (Å²) in [5.41, 5.74) is 2.82. The molecule has 0 spiro atoms. The number of amides is 1. The predicted molar refractivity (Wildman–Crippen MR) is 86.9 cm³/mol. The maximum Gasteiger partial charge on any atom is 0.255 e. The molecule has 1 aliphatic rings. The van der Waals surface area contributed by atoms with Crippen LogP contribution >= 0.6 is 23.7 Å². The van der Waals surface area contributed by atoms with E-state index in [9.17, 15) is 4.79 Å². The lowest BCUT2D eigenvalue weighted by atomic mass is 10.2. The highest BCUT2D eigenvalue weighted by molar-refractivity contribution is 7.12. The third-order valence-electron chi connectivity index (χ3n) is 3.68. The average Bonchev–Trinajstić information content (AvgIpc) is 3.07. The van der Waals surface area contributed by atoms with Gasteiger partial charge >= 0.3 is 0 Å². The number of carbonyl (C=O) groups is 1. The van der Waals surface area contributed by atoms with Crippen LogP contribution in [0.15, 0.2) is 17.6 Å². The van der Waals surface area contributed by atoms with Gasteiger partial charge in [-0.3, -0.25) is 9.36 Å². The smallest absolute Gasteiger partial charge is 0.255 e. The van der Waals surface area contributed by atoms with Crippen LogP contribution < -0.4 is 5.32 Å². The molecule has 0 saturated carbocycles. The van der Waals surface area contributed by atoms with E-state index >= 15 is 0 Å². The second-order valence-corrected chi connectivity index (χ2v) is 5.85. The Morgan fingerprint density at radius 2 is 2.05 bits per heavy atom. The Morgan fingerprint density at radius 3 is 2.67 bits per heavy atom. The summed E-state index contributed by atoms with van der Waals surface area (Å²) in [5, 5.41) is 6.13. The van der Waals surface area contributed by atoms with E-state index in [4.69, 9.17) is 0 Å². The Hall–Kier alpha value is -1.37. The van der Waals surface area contributed by atoms with Crippen LogP contribution in [-0.4, -0.2) is 46.5 Å². The van der Waals surface area contributed by atoms with Gasteiger partial charge in [-0.05, 0) is 19.9 Å². The Balaban J connectivity index is 0.00000161. The van der Waals surface area contributed by atoms with E-state index in [0.717, 1.165) is 48.3 Å². The van der Waals surface area contributed by atoms with Gasteiger partial charge in [-0.15, -0.1) is 23.7 Å². The highest BCUT2D eigenvalue weighted by Crippen LogP contribution is 2.23. The van der Waals surface area contributed by atoms with Gasteiger partial charge in [0.1, 0.15) is 0 Å². The topological polar surface area (TPSA) is 50.2 Å². The number of nitrogens with one attached hydrogen (secondary N) is 1. The predicted octanol–water partition coefficient (Wildman–Crippen LogP) is 2.02. The summed E-state index contributed by atoms with van der Waals surface area (Å²) in [6.07, 6.45) is 1.79. The van der Waals surface area contributed by atoms with Crippen molar-refractivity contribution >= 4 is 29.7 Å². The first-order chi connectivity index (χ1) is 9.68. The Bertz CT molecular complexity index is 617. The number of nitrogens with zero attached hydrogens (tertiary/aromatic N) is 3. The minimum Gasteiger partial charge on any atom is -0.336 e. The zero-order chi connectivity index (χ0) is 14.1. The maximum absolute atomic E-state index is 12.6. The van der Waals surface area contributed by atoms with Gasteiger partial charge in [0, 0.05) is 49.1 Å². The van der Waals surface area contributed by atoms with Gasteiger partial charge in [-0.1, -0.05) is 0 Å². The fraction of sp³-hybridized carbons (Fsp3) is 0.429. The normalized spacial score (nSPS) is 14.9. The van der Waals surface area contributed by atoms with Crippen molar-refractivity contribution in [3.05, 3.63) is 34.6 Å². The third-order valence-corrected chi connectivity index (χ3v) is 4.43. The summed E-state index contributed by atoms with van der Waals surface area (Å²) in [5.74, 6) is 0.127. The molecule has 0 aliphatic carbocycles. The first-order valence-electron chi connectivity index (χ1n) is 6.77. The van der Waals surface area contributed by atoms with Gasteiger partial charge < -0.3 is 10.2 Å². The van der Waals surface area contributed by atoms with Crippen LogP contribution in [0.3, 0.4) is 0 Å². The number of hydrogen-bond acceptors (Lipinski definition) is 4. The Morgan fingerprint density at radius 1 is 1.33 bits per heavy atom. The molecule has 0 unspecified atom stereocenters. The molecule has 0 bridgehead atoms. The summed E-state index contributed by atoms with van der Waals surface area (Å²) in [6, 6.07) is 1.97. The second-order valence-electron chi connectivity index (χ2n) is 4.98. The Kier molecular flexibility index (Phi) is 5.03. The van der Waals surface area contributed by atoms with Gasteiger partial charge in [-0.2, -0.15) is 0 Å². The van der Waals surface area contributed by atoms with E-state index < -0.39 is 0 Å². The van der Waals surface area contributed by atoms with E-state index in [1.807, 2.05) is 30.2 Å². The Labute approximate surface area is 134 Å². The molecule has 1 aliphatic heterocycles. The van der Waals surface area contributed by atoms with Crippen LogP contribution in [0.4, 0.5) is 0 Å². The molecule has 2 aromatic heterocycles. The first kappa shape index (κ1) is 16.0. The fourth-order valence-corrected chi connectivity index (χ4v) is 3.39. The molecule has 2 aromatic rings. The number of piperazine rings is 1. The molecule has 1 N–H and O–H groups in total. The first-order valence-corrected chi connectivity index (χ1v) is 7.65. The molecule has 1 fully saturated rings. The largest absolute Gasteiger partial charge is 0.336 e. The molecule has 3 heterocycles. The maximum atomic E-state index is 12.6. The molecule has 5 nitrogen and oxygen atoms in total. The van der Waals surface area contributed by atoms with Crippen molar-refractivity contribution in [2.75, 3.05) is 26.2 Å². The number of halogens is 1. The number of hydrogen-bond donors (Lipinski definition) is 1. The molecule has 21 heavy (non-hydrogen) atoms. The van der Waals surface area contributed by atoms with Crippen LogP contribution in [-0.2, 0) is 0 Å². The third kappa shape index (κ3) is 2.97. The number of rotatable bonds is 2. The van der Waals surface area contributed by atoms with Crippen LogP contribution in [0.2, 0.25) is 0 Å². The summed E-state index contributed by atoms with van der Waals surface area (Å²) in [7, 11) is 0. The van der Waals surface area contributed by atoms with E-state index in [0.29, 0.717) is 0 Å². The molecule has 0 aromatic carbocycles. The lowest BCUT2D eigenvalue weighted by Gasteiger charge is -2.27. The lowest BCUT2D eigenvalue weighted by molar-refractivity contribution is 0.0735. The monoisotopic (exact) mass is 326 g/mol. The molecule has 7 heteroatoms. The van der Waals surface area contributed by atoms with Gasteiger partial charge in [0.15, 0.2) is 5.13 Å². The van der Waals surface area contributed by atoms with Gasteiger partial charge in [-0.25, -0.2) is 4.98 Å². The number of carbonyl (C=O) groups excluding carboxylic acids is 1. The van der Waals surface area contributed by atoms with Crippen molar-refractivity contribution in [1.29, 1.82) is 0 Å². The van der Waals surface area contributed by atoms with Crippen molar-refractivity contribution < 1.29 is 4.79 Å². The number of aryl methyl sites for hydroxylation is 1. The molecular weight excluding hydrogens is 308 g/mol. The van der Waals surface area contributed by atoms with Crippen LogP contribution in [0.5, 0.6) is 0 Å². The molecule has 0 radical (unpaired) electrons. The zero-order valence-corrected chi connectivity index (χ0v) is 13.8. The lowest BCUT2D eigenvalue weighted by Crippen LogP contribution is -2.46. The van der Waals surface area contributed by atoms with Gasteiger partial charge in [0.2, 0.25) is 0 Å². The number of thiazole rings is 1. The number of aromatic nitrogens is 2. The van der Waals surface area contributed by atoms with Crippen molar-refractivity contribution in [3.63, 3.8) is 0 Å². The summed E-state index contributed by atoms with van der Waals surface area (Å²) >= 11 is 1.58. The van der Waals surface area contributed by atoms with E-state index in [2.05, 4.69) is 14.9 Å². The summed E-state index contributed by atoms with van der Waals surface area (Å²) < 4.78 is 2.06. The van der Waals surface area contributed by atoms with E-state index in [1.54, 1.807) is 17.5 Å². The van der Waals surface area contributed by atoms with Gasteiger partial charge in [0.25, 0.3) is 5.91 Å². The minimum absolute atomic E-state index is 0. The van der Waals surface area contributed by atoms with Crippen molar-refractivity contribution in [3.8, 4) is 5.13 Å². The molecular formula is C14H19ClN4OS. The average molecular weight is 327 g/mol. The fourth-order valence-electron chi connectivity index (χ4n) is 2.64. The highest BCUT2D eigenvalue weighted by atomic mass is 35.5. The van der Waals surface area contributed by atoms with Crippen LogP contribution in [0, 0.1) is 13.8 Å². The standard InChI is InChI=1S/C14H18N4OS.ClH/c1-10-9-12(13(19)17-6-3-15-4-7-17)11(2)18(10)14-16-5-8-20-14;/h5,8-9,15H,3-4,6-7H2,1-2H3;1H. The van der Waals surface area contributed by atoms with Crippen molar-refractivity contribution in [2.24, 2.45) is 0 Å². The zero-order valence-electron chi connectivity index (χ0n) is 12.1. The SMILES string of the molecule is Cc1cc(C(=O)N2CCNCC2)c(C)n1-c1nccs1.Cl. The van der Waals surface area contributed by atoms with Crippen LogP contribution in [0.1, 0.15) is 21.7 Å². The molecule has 0 atom stereocenters. The highest BCUT2D eigenvalue weighted by Gasteiger charge is 2.23.